The summed E-state index contributed by atoms with van der Waals surface area (Å²) in [5, 5.41) is 15.5. The van der Waals surface area contributed by atoms with Crippen molar-refractivity contribution in [1.82, 2.24) is 0 Å². The van der Waals surface area contributed by atoms with Gasteiger partial charge in [-0.05, 0) is 118 Å². The van der Waals surface area contributed by atoms with Crippen molar-refractivity contribution in [2.75, 3.05) is 0 Å². The van der Waals surface area contributed by atoms with Gasteiger partial charge in [0.2, 0.25) is 0 Å². The lowest BCUT2D eigenvalue weighted by atomic mass is 9.84. The fraction of sp³-hybridized carbons (Fsp3) is 0. The Labute approximate surface area is 354 Å². The molecule has 13 aromatic rings. The first-order valence-corrected chi connectivity index (χ1v) is 22.2. The molecule has 0 unspecified atom stereocenters. The van der Waals surface area contributed by atoms with Crippen molar-refractivity contribution in [1.29, 1.82) is 0 Å². The SMILES string of the molecule is c1ccc(-c2c3ccccc3c(-c3cccc4sc5cc(-c6c7ccccc7c(-c7ccc8sc9ccccc9c8c7)c7ccccc67)ccc5c34)c3ccccc23)cc1. The molecule has 278 valence electrons. The zero-order valence-corrected chi connectivity index (χ0v) is 34.1. The highest BCUT2D eigenvalue weighted by Gasteiger charge is 2.22. The highest BCUT2D eigenvalue weighted by molar-refractivity contribution is 7.26. The maximum Gasteiger partial charge on any atom is 0.0361 e. The molecule has 0 spiro atoms. The molecule has 0 amide bonds. The molecule has 0 saturated heterocycles. The monoisotopic (exact) mass is 794 g/mol. The van der Waals surface area contributed by atoms with Crippen LogP contribution in [0.3, 0.4) is 0 Å². The molecular formula is C58H34S2. The van der Waals surface area contributed by atoms with Gasteiger partial charge in [0, 0.05) is 40.3 Å². The Hall–Kier alpha value is -7.10. The molecule has 11 aromatic carbocycles. The number of rotatable bonds is 4. The van der Waals surface area contributed by atoms with Gasteiger partial charge >= 0.3 is 0 Å². The van der Waals surface area contributed by atoms with Crippen molar-refractivity contribution in [3.8, 4) is 44.5 Å². The minimum absolute atomic E-state index is 1.24. The van der Waals surface area contributed by atoms with E-state index in [9.17, 15) is 0 Å². The summed E-state index contributed by atoms with van der Waals surface area (Å²) >= 11 is 3.78. The number of thiophene rings is 2. The minimum atomic E-state index is 1.24. The quantitative estimate of drug-likeness (QED) is 0.156. The predicted octanol–water partition coefficient (Wildman–Crippen LogP) is 17.7. The van der Waals surface area contributed by atoms with Crippen LogP contribution in [-0.4, -0.2) is 0 Å². The summed E-state index contributed by atoms with van der Waals surface area (Å²) in [5.41, 5.74) is 10.2. The van der Waals surface area contributed by atoms with Gasteiger partial charge in [-0.3, -0.25) is 0 Å². The normalized spacial score (nSPS) is 12.0. The lowest BCUT2D eigenvalue weighted by Crippen LogP contribution is -1.91. The first-order valence-electron chi connectivity index (χ1n) is 20.6. The molecule has 2 heteroatoms. The summed E-state index contributed by atoms with van der Waals surface area (Å²) in [7, 11) is 0. The second kappa shape index (κ2) is 13.2. The molecule has 0 atom stereocenters. The van der Waals surface area contributed by atoms with Crippen LogP contribution < -0.4 is 0 Å². The van der Waals surface area contributed by atoms with Gasteiger partial charge < -0.3 is 0 Å². The van der Waals surface area contributed by atoms with Crippen molar-refractivity contribution in [2.45, 2.75) is 0 Å². The van der Waals surface area contributed by atoms with Gasteiger partial charge in [0.15, 0.2) is 0 Å². The van der Waals surface area contributed by atoms with Crippen molar-refractivity contribution < 1.29 is 0 Å². The van der Waals surface area contributed by atoms with Gasteiger partial charge in [-0.1, -0.05) is 176 Å². The van der Waals surface area contributed by atoms with Crippen LogP contribution in [0, 0.1) is 0 Å². The summed E-state index contributed by atoms with van der Waals surface area (Å²) in [6.45, 7) is 0. The van der Waals surface area contributed by atoms with E-state index in [-0.39, 0.29) is 0 Å². The summed E-state index contributed by atoms with van der Waals surface area (Å²) in [6, 6.07) is 76.9. The average molecular weight is 795 g/mol. The number of benzene rings is 11. The molecule has 0 saturated carbocycles. The number of fused-ring (bicyclic) bond motifs is 10. The predicted molar refractivity (Wildman–Crippen MR) is 264 cm³/mol. The van der Waals surface area contributed by atoms with E-state index in [4.69, 9.17) is 0 Å². The molecule has 0 nitrogen and oxygen atoms in total. The van der Waals surface area contributed by atoms with E-state index in [0.29, 0.717) is 0 Å². The molecule has 0 fully saturated rings. The fourth-order valence-electron chi connectivity index (χ4n) is 10.2. The number of hydrogen-bond donors (Lipinski definition) is 0. The highest BCUT2D eigenvalue weighted by Crippen LogP contribution is 2.50. The van der Waals surface area contributed by atoms with E-state index in [1.807, 2.05) is 22.7 Å². The number of hydrogen-bond acceptors (Lipinski definition) is 2. The molecule has 13 rings (SSSR count). The third kappa shape index (κ3) is 4.96. The van der Waals surface area contributed by atoms with Crippen LogP contribution in [-0.2, 0) is 0 Å². The molecular weight excluding hydrogens is 761 g/mol. The van der Waals surface area contributed by atoms with E-state index in [1.165, 1.54) is 128 Å². The third-order valence-electron chi connectivity index (χ3n) is 12.6. The van der Waals surface area contributed by atoms with Crippen molar-refractivity contribution in [2.24, 2.45) is 0 Å². The Morgan fingerprint density at radius 3 is 1.25 bits per heavy atom. The summed E-state index contributed by atoms with van der Waals surface area (Å²) in [5.74, 6) is 0. The highest BCUT2D eigenvalue weighted by atomic mass is 32.1. The minimum Gasteiger partial charge on any atom is -0.135 e. The fourth-order valence-corrected chi connectivity index (χ4v) is 12.4. The lowest BCUT2D eigenvalue weighted by molar-refractivity contribution is 1.67. The lowest BCUT2D eigenvalue weighted by Gasteiger charge is -2.18. The average Bonchev–Trinajstić information content (AvgIpc) is 3.88. The van der Waals surface area contributed by atoms with Crippen molar-refractivity contribution >= 4 is 106 Å². The van der Waals surface area contributed by atoms with Crippen LogP contribution in [0.25, 0.3) is 128 Å². The van der Waals surface area contributed by atoms with Crippen molar-refractivity contribution in [3.63, 3.8) is 0 Å². The smallest absolute Gasteiger partial charge is 0.0361 e. The second-order valence-electron chi connectivity index (χ2n) is 15.8. The topological polar surface area (TPSA) is 0 Å². The van der Waals surface area contributed by atoms with Crippen LogP contribution >= 0.6 is 22.7 Å². The summed E-state index contributed by atoms with van der Waals surface area (Å²) in [4.78, 5) is 0. The van der Waals surface area contributed by atoms with E-state index < -0.39 is 0 Å². The van der Waals surface area contributed by atoms with Crippen molar-refractivity contribution in [3.05, 3.63) is 206 Å². The standard InChI is InChI=1S/C58H34S2/c1-2-15-35(16-3-1)54-43-22-8-10-24-45(43)57(46-25-11-9-23-44(46)54)48-26-14-28-52-58(48)47-31-29-37(34-53(47)60-52)56-41-20-6-4-18-39(41)55(40-19-5-7-21-42(40)56)36-30-32-51-49(33-36)38-17-12-13-27-50(38)59-51/h1-34H. The Bertz CT molecular complexity index is 3770. The maximum atomic E-state index is 2.45. The van der Waals surface area contributed by atoms with Gasteiger partial charge in [0.1, 0.15) is 0 Å². The molecule has 2 aromatic heterocycles. The largest absolute Gasteiger partial charge is 0.135 e. The van der Waals surface area contributed by atoms with E-state index in [2.05, 4.69) is 206 Å². The zero-order chi connectivity index (χ0) is 39.3. The molecule has 0 aliphatic carbocycles. The summed E-state index contributed by atoms with van der Waals surface area (Å²) < 4.78 is 5.27. The van der Waals surface area contributed by atoms with Gasteiger partial charge in [-0.15, -0.1) is 22.7 Å². The summed E-state index contributed by atoms with van der Waals surface area (Å²) in [6.07, 6.45) is 0. The molecule has 0 radical (unpaired) electrons. The molecule has 0 N–H and O–H groups in total. The van der Waals surface area contributed by atoms with Gasteiger partial charge in [0.25, 0.3) is 0 Å². The van der Waals surface area contributed by atoms with Crippen LogP contribution in [0.5, 0.6) is 0 Å². The van der Waals surface area contributed by atoms with E-state index >= 15 is 0 Å². The molecule has 60 heavy (non-hydrogen) atoms. The Kier molecular flexibility index (Phi) is 7.45. The Morgan fingerprint density at radius 2 is 0.650 bits per heavy atom. The van der Waals surface area contributed by atoms with Gasteiger partial charge in [-0.25, -0.2) is 0 Å². The van der Waals surface area contributed by atoms with Gasteiger partial charge in [-0.2, -0.15) is 0 Å². The first-order chi connectivity index (χ1) is 29.8. The Balaban J connectivity index is 1.04. The van der Waals surface area contributed by atoms with E-state index in [0.717, 1.165) is 0 Å². The molecule has 0 aliphatic rings. The third-order valence-corrected chi connectivity index (χ3v) is 14.9. The first kappa shape index (κ1) is 33.8. The maximum absolute atomic E-state index is 2.45. The second-order valence-corrected chi connectivity index (χ2v) is 18.0. The van der Waals surface area contributed by atoms with Crippen LogP contribution in [0.4, 0.5) is 0 Å². The molecule has 0 aliphatic heterocycles. The van der Waals surface area contributed by atoms with Gasteiger partial charge in [0.05, 0.1) is 0 Å². The van der Waals surface area contributed by atoms with Crippen LogP contribution in [0.2, 0.25) is 0 Å². The van der Waals surface area contributed by atoms with Crippen LogP contribution in [0.15, 0.2) is 206 Å². The van der Waals surface area contributed by atoms with E-state index in [1.54, 1.807) is 0 Å². The molecule has 2 heterocycles. The Morgan fingerprint density at radius 1 is 0.217 bits per heavy atom. The van der Waals surface area contributed by atoms with Crippen LogP contribution in [0.1, 0.15) is 0 Å². The zero-order valence-electron chi connectivity index (χ0n) is 32.4. The molecule has 0 bridgehead atoms.